The van der Waals surface area contributed by atoms with Crippen LogP contribution in [0.5, 0.6) is 0 Å². The van der Waals surface area contributed by atoms with Gasteiger partial charge in [0.15, 0.2) is 11.8 Å². The summed E-state index contributed by atoms with van der Waals surface area (Å²) >= 11 is 0. The van der Waals surface area contributed by atoms with Crippen LogP contribution in [0.4, 0.5) is 0 Å². The third-order valence-corrected chi connectivity index (χ3v) is 4.33. The summed E-state index contributed by atoms with van der Waals surface area (Å²) in [5, 5.41) is 7.17. The van der Waals surface area contributed by atoms with Crippen LogP contribution in [-0.4, -0.2) is 60.9 Å². The van der Waals surface area contributed by atoms with E-state index >= 15 is 0 Å². The van der Waals surface area contributed by atoms with Crippen LogP contribution >= 0.6 is 0 Å². The number of hydrogen-bond donors (Lipinski definition) is 1. The number of aromatic nitrogens is 2. The van der Waals surface area contributed by atoms with Gasteiger partial charge in [0.1, 0.15) is 0 Å². The molecule has 0 radical (unpaired) electrons. The van der Waals surface area contributed by atoms with E-state index in [1.807, 2.05) is 14.0 Å². The molecule has 7 heteroatoms. The minimum atomic E-state index is 0.348. The highest BCUT2D eigenvalue weighted by Crippen LogP contribution is 2.38. The third kappa shape index (κ3) is 3.18. The number of aryl methyl sites for hydroxylation is 1. The lowest BCUT2D eigenvalue weighted by Crippen LogP contribution is -2.42. The second-order valence-electron chi connectivity index (χ2n) is 5.93. The van der Waals surface area contributed by atoms with E-state index in [4.69, 9.17) is 9.26 Å². The fraction of sp³-hybridized carbons (Fsp3) is 0.786. The van der Waals surface area contributed by atoms with Gasteiger partial charge in [0.2, 0.25) is 5.89 Å². The van der Waals surface area contributed by atoms with Crippen molar-refractivity contribution >= 4 is 5.96 Å². The molecule has 1 unspecified atom stereocenters. The molecule has 3 rings (SSSR count). The van der Waals surface area contributed by atoms with E-state index in [1.54, 1.807) is 0 Å². The Morgan fingerprint density at radius 1 is 1.48 bits per heavy atom. The van der Waals surface area contributed by atoms with Crippen molar-refractivity contribution in [3.05, 3.63) is 11.7 Å². The summed E-state index contributed by atoms with van der Waals surface area (Å²) in [7, 11) is 1.83. The zero-order valence-electron chi connectivity index (χ0n) is 12.8. The summed E-state index contributed by atoms with van der Waals surface area (Å²) in [6, 6.07) is 0. The van der Waals surface area contributed by atoms with Gasteiger partial charge < -0.3 is 19.5 Å². The largest absolute Gasteiger partial charge is 0.381 e. The van der Waals surface area contributed by atoms with Gasteiger partial charge in [0.05, 0.1) is 6.61 Å². The minimum Gasteiger partial charge on any atom is -0.381 e. The van der Waals surface area contributed by atoms with E-state index in [-0.39, 0.29) is 0 Å². The first kappa shape index (κ1) is 14.3. The zero-order chi connectivity index (χ0) is 14.7. The van der Waals surface area contributed by atoms with Gasteiger partial charge in [-0.05, 0) is 19.8 Å². The Kier molecular flexibility index (Phi) is 4.10. The van der Waals surface area contributed by atoms with Crippen LogP contribution in [-0.2, 0) is 11.2 Å². The Bertz CT molecular complexity index is 507. The predicted molar refractivity (Wildman–Crippen MR) is 78.2 cm³/mol. The lowest BCUT2D eigenvalue weighted by atomic mass is 9.87. The Morgan fingerprint density at radius 3 is 3.05 bits per heavy atom. The van der Waals surface area contributed by atoms with Crippen molar-refractivity contribution in [2.45, 2.75) is 26.2 Å². The maximum atomic E-state index is 5.57. The molecule has 3 heterocycles. The van der Waals surface area contributed by atoms with E-state index in [0.29, 0.717) is 23.6 Å². The maximum Gasteiger partial charge on any atom is 0.228 e. The Labute approximate surface area is 124 Å². The first-order chi connectivity index (χ1) is 10.2. The number of guanidine groups is 1. The summed E-state index contributed by atoms with van der Waals surface area (Å²) in [5.41, 5.74) is 0.348. The van der Waals surface area contributed by atoms with Crippen molar-refractivity contribution in [1.29, 1.82) is 0 Å². The number of rotatable bonds is 3. The topological polar surface area (TPSA) is 75.8 Å². The Hall–Kier alpha value is -1.63. The molecule has 1 N–H and O–H groups in total. The van der Waals surface area contributed by atoms with E-state index in [2.05, 4.69) is 25.3 Å². The average molecular weight is 293 g/mol. The second-order valence-corrected chi connectivity index (χ2v) is 5.93. The average Bonchev–Trinajstić information content (AvgIpc) is 3.19. The molecule has 116 valence electrons. The molecule has 0 saturated carbocycles. The van der Waals surface area contributed by atoms with Crippen LogP contribution in [0, 0.1) is 12.3 Å². The smallest absolute Gasteiger partial charge is 0.228 e. The van der Waals surface area contributed by atoms with E-state index in [0.717, 1.165) is 38.8 Å². The highest BCUT2D eigenvalue weighted by Gasteiger charge is 2.42. The zero-order valence-corrected chi connectivity index (χ0v) is 12.8. The normalized spacial score (nSPS) is 26.0. The molecule has 0 bridgehead atoms. The Balaban J connectivity index is 1.49. The van der Waals surface area contributed by atoms with Crippen molar-refractivity contribution in [3.8, 4) is 0 Å². The molecule has 0 aliphatic carbocycles. The Morgan fingerprint density at radius 2 is 2.38 bits per heavy atom. The molecule has 21 heavy (non-hydrogen) atoms. The van der Waals surface area contributed by atoms with Gasteiger partial charge in [-0.3, -0.25) is 4.99 Å². The van der Waals surface area contributed by atoms with Crippen LogP contribution in [0.15, 0.2) is 9.52 Å². The lowest BCUT2D eigenvalue weighted by molar-refractivity contribution is 0.156. The number of hydrogen-bond acceptors (Lipinski definition) is 5. The molecule has 1 aromatic heterocycles. The summed E-state index contributed by atoms with van der Waals surface area (Å²) in [5.74, 6) is 2.30. The molecule has 1 atom stereocenters. The van der Waals surface area contributed by atoms with Crippen LogP contribution in [0.25, 0.3) is 0 Å². The number of nitrogens with zero attached hydrogens (tertiary/aromatic N) is 4. The van der Waals surface area contributed by atoms with Crippen molar-refractivity contribution in [3.63, 3.8) is 0 Å². The van der Waals surface area contributed by atoms with Gasteiger partial charge >= 0.3 is 0 Å². The van der Waals surface area contributed by atoms with Crippen molar-refractivity contribution < 1.29 is 9.26 Å². The number of aliphatic imine (C=N–C) groups is 1. The van der Waals surface area contributed by atoms with Gasteiger partial charge in [0.25, 0.3) is 0 Å². The molecule has 1 spiro atoms. The van der Waals surface area contributed by atoms with E-state index in [9.17, 15) is 0 Å². The summed E-state index contributed by atoms with van der Waals surface area (Å²) in [4.78, 5) is 10.9. The summed E-state index contributed by atoms with van der Waals surface area (Å²) < 4.78 is 10.7. The van der Waals surface area contributed by atoms with Crippen molar-refractivity contribution in [2.75, 3.05) is 39.9 Å². The van der Waals surface area contributed by atoms with Gasteiger partial charge in [-0.15, -0.1) is 0 Å². The summed E-state index contributed by atoms with van der Waals surface area (Å²) in [6.07, 6.45) is 3.07. The van der Waals surface area contributed by atoms with Crippen LogP contribution in [0.2, 0.25) is 0 Å². The quantitative estimate of drug-likeness (QED) is 0.650. The molecule has 1 aromatic rings. The fourth-order valence-electron chi connectivity index (χ4n) is 3.14. The third-order valence-electron chi connectivity index (χ3n) is 4.33. The molecule has 7 nitrogen and oxygen atoms in total. The van der Waals surface area contributed by atoms with Gasteiger partial charge in [-0.25, -0.2) is 0 Å². The van der Waals surface area contributed by atoms with Crippen LogP contribution < -0.4 is 5.32 Å². The number of likely N-dealkylation sites (tertiary alicyclic amines) is 1. The maximum absolute atomic E-state index is 5.57. The van der Waals surface area contributed by atoms with E-state index in [1.165, 1.54) is 12.8 Å². The van der Waals surface area contributed by atoms with Gasteiger partial charge in [-0.1, -0.05) is 5.16 Å². The number of ether oxygens (including phenoxy) is 1. The monoisotopic (exact) mass is 293 g/mol. The fourth-order valence-corrected chi connectivity index (χ4v) is 3.14. The summed E-state index contributed by atoms with van der Waals surface area (Å²) in [6.45, 7) is 6.44. The van der Waals surface area contributed by atoms with Gasteiger partial charge in [0, 0.05) is 45.1 Å². The predicted octanol–water partition coefficient (Wildman–Crippen LogP) is 0.608. The highest BCUT2D eigenvalue weighted by atomic mass is 16.5. The molecule has 2 aliphatic heterocycles. The molecule has 0 amide bonds. The van der Waals surface area contributed by atoms with Crippen molar-refractivity contribution in [2.24, 2.45) is 10.4 Å². The first-order valence-electron chi connectivity index (χ1n) is 7.53. The SMILES string of the molecule is CN=C(NCCc1nc(C)no1)N1CCC2(CCOC2)C1. The van der Waals surface area contributed by atoms with Gasteiger partial charge in [-0.2, -0.15) is 4.98 Å². The highest BCUT2D eigenvalue weighted by molar-refractivity contribution is 5.80. The molecule has 2 saturated heterocycles. The number of nitrogens with one attached hydrogen (secondary N) is 1. The van der Waals surface area contributed by atoms with Crippen LogP contribution in [0.3, 0.4) is 0 Å². The first-order valence-corrected chi connectivity index (χ1v) is 7.53. The van der Waals surface area contributed by atoms with Crippen molar-refractivity contribution in [1.82, 2.24) is 20.4 Å². The molecule has 2 aliphatic rings. The molecular weight excluding hydrogens is 270 g/mol. The molecule has 0 aromatic carbocycles. The lowest BCUT2D eigenvalue weighted by Gasteiger charge is -2.24. The minimum absolute atomic E-state index is 0.348. The second kappa shape index (κ2) is 6.01. The standard InChI is InChI=1S/C14H23N5O2/c1-11-17-12(21-18-11)3-6-16-13(15-2)19-7-4-14(9-19)5-8-20-10-14/h3-10H2,1-2H3,(H,15,16). The van der Waals surface area contributed by atoms with E-state index < -0.39 is 0 Å². The molecule has 2 fully saturated rings. The molecular formula is C14H23N5O2. The van der Waals surface area contributed by atoms with Crippen LogP contribution in [0.1, 0.15) is 24.6 Å².